The van der Waals surface area contributed by atoms with Crippen molar-refractivity contribution in [3.63, 3.8) is 0 Å². The van der Waals surface area contributed by atoms with E-state index in [1.165, 1.54) is 0 Å². The van der Waals surface area contributed by atoms with Gasteiger partial charge in [-0.3, -0.25) is 4.90 Å². The summed E-state index contributed by atoms with van der Waals surface area (Å²) in [6.45, 7) is 7.74. The predicted molar refractivity (Wildman–Crippen MR) is 69.9 cm³/mol. The number of rotatable bonds is 3. The minimum absolute atomic E-state index is 0.572. The van der Waals surface area contributed by atoms with Crippen LogP contribution in [-0.2, 0) is 6.54 Å². The van der Waals surface area contributed by atoms with Crippen molar-refractivity contribution in [1.29, 1.82) is 0 Å². The van der Waals surface area contributed by atoms with Crippen LogP contribution in [-0.4, -0.2) is 35.2 Å². The van der Waals surface area contributed by atoms with Gasteiger partial charge in [0, 0.05) is 19.6 Å². The van der Waals surface area contributed by atoms with E-state index in [2.05, 4.69) is 18.7 Å². The largest absolute Gasteiger partial charge is 0.488 e. The van der Waals surface area contributed by atoms with E-state index in [-0.39, 0.29) is 0 Å². The molecule has 0 amide bonds. The smallest absolute Gasteiger partial charge is 0.423 e. The van der Waals surface area contributed by atoms with Gasteiger partial charge in [0.1, 0.15) is 0 Å². The van der Waals surface area contributed by atoms with Crippen LogP contribution in [0.1, 0.15) is 19.4 Å². The average molecular weight is 233 g/mol. The number of hydrogen-bond donors (Lipinski definition) is 2. The summed E-state index contributed by atoms with van der Waals surface area (Å²) in [7, 11) is -1.37. The summed E-state index contributed by atoms with van der Waals surface area (Å²) in [5, 5.41) is 18.3. The minimum atomic E-state index is -1.37. The monoisotopic (exact) mass is 233 g/mol. The van der Waals surface area contributed by atoms with Crippen LogP contribution < -0.4 is 5.46 Å². The lowest BCUT2D eigenvalue weighted by Crippen LogP contribution is -2.30. The Bertz CT molecular complexity index is 373. The first-order valence-corrected chi connectivity index (χ1v) is 6.23. The average Bonchev–Trinajstić information content (AvgIpc) is 2.58. The van der Waals surface area contributed by atoms with Gasteiger partial charge in [-0.25, -0.2) is 0 Å². The Hall–Kier alpha value is -0.835. The van der Waals surface area contributed by atoms with Crippen LogP contribution in [0.4, 0.5) is 0 Å². The maximum atomic E-state index is 9.14. The van der Waals surface area contributed by atoms with E-state index in [9.17, 15) is 0 Å². The molecule has 0 radical (unpaired) electrons. The summed E-state index contributed by atoms with van der Waals surface area (Å²) in [6.07, 6.45) is 0. The van der Waals surface area contributed by atoms with Gasteiger partial charge in [-0.2, -0.15) is 0 Å². The third-order valence-electron chi connectivity index (χ3n) is 3.72. The molecule has 0 bridgehead atoms. The summed E-state index contributed by atoms with van der Waals surface area (Å²) in [5.41, 5.74) is 1.72. The predicted octanol–water partition coefficient (Wildman–Crippen LogP) is 0.454. The number of likely N-dealkylation sites (tertiary alicyclic amines) is 1. The number of benzene rings is 1. The third kappa shape index (κ3) is 3.09. The lowest BCUT2D eigenvalue weighted by atomic mass is 9.79. The highest BCUT2D eigenvalue weighted by molar-refractivity contribution is 6.58. The van der Waals surface area contributed by atoms with Crippen LogP contribution in [0.3, 0.4) is 0 Å². The van der Waals surface area contributed by atoms with Gasteiger partial charge in [0.15, 0.2) is 0 Å². The Morgan fingerprint density at radius 3 is 2.47 bits per heavy atom. The number of nitrogens with zero attached hydrogens (tertiary/aromatic N) is 1. The molecule has 1 aromatic rings. The van der Waals surface area contributed by atoms with E-state index in [1.54, 1.807) is 6.07 Å². The quantitative estimate of drug-likeness (QED) is 0.745. The molecule has 4 heteroatoms. The maximum absolute atomic E-state index is 9.14. The summed E-state index contributed by atoms with van der Waals surface area (Å²) in [5.74, 6) is 1.50. The summed E-state index contributed by atoms with van der Waals surface area (Å²) in [6, 6.07) is 7.54. The molecule has 2 atom stereocenters. The van der Waals surface area contributed by atoms with Crippen LogP contribution in [0, 0.1) is 11.8 Å². The Morgan fingerprint density at radius 1 is 1.24 bits per heavy atom. The maximum Gasteiger partial charge on any atom is 0.488 e. The molecule has 1 aliphatic rings. The zero-order chi connectivity index (χ0) is 12.4. The van der Waals surface area contributed by atoms with Gasteiger partial charge < -0.3 is 10.0 Å². The Balaban J connectivity index is 2.02. The first-order chi connectivity index (χ1) is 8.06. The van der Waals surface area contributed by atoms with Crippen LogP contribution in [0.15, 0.2) is 24.3 Å². The summed E-state index contributed by atoms with van der Waals surface area (Å²) < 4.78 is 0. The van der Waals surface area contributed by atoms with Crippen LogP contribution >= 0.6 is 0 Å². The first-order valence-electron chi connectivity index (χ1n) is 6.23. The molecule has 1 heterocycles. The van der Waals surface area contributed by atoms with E-state index >= 15 is 0 Å². The highest BCUT2D eigenvalue weighted by Gasteiger charge is 2.25. The van der Waals surface area contributed by atoms with E-state index in [1.807, 2.05) is 18.2 Å². The van der Waals surface area contributed by atoms with E-state index in [4.69, 9.17) is 10.0 Å². The lowest BCUT2D eigenvalue weighted by Gasteiger charge is -2.16. The second kappa shape index (κ2) is 5.21. The van der Waals surface area contributed by atoms with Gasteiger partial charge in [0.2, 0.25) is 0 Å². The zero-order valence-electron chi connectivity index (χ0n) is 10.5. The molecule has 0 aromatic heterocycles. The zero-order valence-corrected chi connectivity index (χ0v) is 10.5. The molecule has 2 rings (SSSR count). The summed E-state index contributed by atoms with van der Waals surface area (Å²) >= 11 is 0. The topological polar surface area (TPSA) is 43.7 Å². The lowest BCUT2D eigenvalue weighted by molar-refractivity contribution is 0.316. The highest BCUT2D eigenvalue weighted by atomic mass is 16.4. The number of hydrogen-bond acceptors (Lipinski definition) is 3. The van der Waals surface area contributed by atoms with E-state index in [0.717, 1.165) is 37.0 Å². The molecule has 1 aliphatic heterocycles. The fourth-order valence-electron chi connectivity index (χ4n) is 2.49. The van der Waals surface area contributed by atoms with Crippen molar-refractivity contribution < 1.29 is 10.0 Å². The van der Waals surface area contributed by atoms with E-state index < -0.39 is 7.12 Å². The van der Waals surface area contributed by atoms with Crippen molar-refractivity contribution in [2.45, 2.75) is 20.4 Å². The van der Waals surface area contributed by atoms with Gasteiger partial charge in [-0.1, -0.05) is 38.1 Å². The molecular formula is C13H20BNO2. The van der Waals surface area contributed by atoms with Crippen LogP contribution in [0.5, 0.6) is 0 Å². The second-order valence-corrected chi connectivity index (χ2v) is 5.27. The van der Waals surface area contributed by atoms with Gasteiger partial charge in [0.05, 0.1) is 0 Å². The fraction of sp³-hybridized carbons (Fsp3) is 0.538. The van der Waals surface area contributed by atoms with Crippen LogP contribution in [0.25, 0.3) is 0 Å². The molecule has 0 spiro atoms. The minimum Gasteiger partial charge on any atom is -0.423 e. The Morgan fingerprint density at radius 2 is 1.88 bits per heavy atom. The Labute approximate surface area is 103 Å². The molecule has 0 saturated carbocycles. The molecule has 1 fully saturated rings. The molecule has 2 N–H and O–H groups in total. The van der Waals surface area contributed by atoms with Gasteiger partial charge >= 0.3 is 7.12 Å². The highest BCUT2D eigenvalue weighted by Crippen LogP contribution is 2.23. The van der Waals surface area contributed by atoms with Crippen molar-refractivity contribution in [3.05, 3.63) is 29.8 Å². The molecule has 3 nitrogen and oxygen atoms in total. The van der Waals surface area contributed by atoms with E-state index in [0.29, 0.717) is 5.46 Å². The summed E-state index contributed by atoms with van der Waals surface area (Å²) in [4.78, 5) is 2.43. The van der Waals surface area contributed by atoms with Gasteiger partial charge in [-0.15, -0.1) is 0 Å². The van der Waals surface area contributed by atoms with Gasteiger partial charge in [0.25, 0.3) is 0 Å². The standard InChI is InChI=1S/C13H20BNO2/c1-10-7-15(8-11(10)2)9-12-4-3-5-13(6-12)14(16)17/h3-6,10-11,16-17H,7-9H2,1-2H3. The fourth-order valence-corrected chi connectivity index (χ4v) is 2.49. The second-order valence-electron chi connectivity index (χ2n) is 5.27. The molecule has 0 aliphatic carbocycles. The van der Waals surface area contributed by atoms with Crippen molar-refractivity contribution >= 4 is 12.6 Å². The third-order valence-corrected chi connectivity index (χ3v) is 3.72. The SMILES string of the molecule is CC1CN(Cc2cccc(B(O)O)c2)CC1C. The molecule has 1 saturated heterocycles. The van der Waals surface area contributed by atoms with Gasteiger partial charge in [-0.05, 0) is 22.9 Å². The van der Waals surface area contributed by atoms with Crippen molar-refractivity contribution in [2.24, 2.45) is 11.8 Å². The molecule has 2 unspecified atom stereocenters. The molecule has 17 heavy (non-hydrogen) atoms. The Kier molecular flexibility index (Phi) is 3.87. The molecule has 1 aromatic carbocycles. The normalized spacial score (nSPS) is 25.2. The first kappa shape index (κ1) is 12.6. The van der Waals surface area contributed by atoms with Crippen LogP contribution in [0.2, 0.25) is 0 Å². The molecular weight excluding hydrogens is 213 g/mol. The van der Waals surface area contributed by atoms with Crippen molar-refractivity contribution in [2.75, 3.05) is 13.1 Å². The molecule has 92 valence electrons. The van der Waals surface area contributed by atoms with Crippen molar-refractivity contribution in [1.82, 2.24) is 4.90 Å². The van der Waals surface area contributed by atoms with Crippen molar-refractivity contribution in [3.8, 4) is 0 Å².